The van der Waals surface area contributed by atoms with Gasteiger partial charge in [0.05, 0.1) is 29.8 Å². The number of nitro benzene ring substituents is 1. The van der Waals surface area contributed by atoms with Crippen molar-refractivity contribution >= 4 is 28.8 Å². The van der Waals surface area contributed by atoms with Crippen molar-refractivity contribution in [2.24, 2.45) is 5.10 Å². The van der Waals surface area contributed by atoms with Gasteiger partial charge in [-0.15, -0.1) is 5.10 Å². The zero-order chi connectivity index (χ0) is 19.4. The summed E-state index contributed by atoms with van der Waals surface area (Å²) in [7, 11) is 1.33. The maximum Gasteiger partial charge on any atom is 0.315 e. The van der Waals surface area contributed by atoms with Gasteiger partial charge in [-0.2, -0.15) is 5.10 Å². The molecule has 1 aromatic heterocycles. The molecular weight excluding hydrogens is 356 g/mol. The van der Waals surface area contributed by atoms with Crippen LogP contribution in [0.5, 0.6) is 11.5 Å². The number of nitro groups is 1. The second kappa shape index (κ2) is 7.47. The molecule has 138 valence electrons. The third-order valence-corrected chi connectivity index (χ3v) is 3.63. The van der Waals surface area contributed by atoms with E-state index in [1.807, 2.05) is 6.07 Å². The topological polar surface area (TPSA) is 145 Å². The molecule has 0 aliphatic heterocycles. The monoisotopic (exact) mass is 370 g/mol. The Morgan fingerprint density at radius 2 is 2.22 bits per heavy atom. The van der Waals surface area contributed by atoms with Crippen LogP contribution in [0.1, 0.15) is 5.56 Å². The number of carbonyl (C=O) groups is 1. The lowest BCUT2D eigenvalue weighted by molar-refractivity contribution is -0.385. The Labute approximate surface area is 152 Å². The van der Waals surface area contributed by atoms with E-state index in [-0.39, 0.29) is 17.9 Å². The number of para-hydroxylation sites is 1. The summed E-state index contributed by atoms with van der Waals surface area (Å²) in [6.45, 7) is -0.123. The van der Waals surface area contributed by atoms with Gasteiger partial charge >= 0.3 is 5.69 Å². The van der Waals surface area contributed by atoms with Crippen molar-refractivity contribution in [3.8, 4) is 11.5 Å². The Kier molecular flexibility index (Phi) is 4.92. The first-order chi connectivity index (χ1) is 13.0. The molecule has 2 N–H and O–H groups in total. The first-order valence-electron chi connectivity index (χ1n) is 7.65. The second-order valence-corrected chi connectivity index (χ2v) is 5.37. The molecule has 3 aromatic rings. The number of phenolic OH excluding ortho intramolecular Hbond substituents is 1. The number of nitrogens with zero attached hydrogens (tertiary/aromatic N) is 5. The standard InChI is InChI=1S/C16H14N6O5/c1-27-11-6-10(16(24)14(7-11)22(25)26)8-17-19-15(23)9-21-13-5-3-2-4-12(13)18-20-21/h2-8,24H,9H2,1H3,(H,19,23). The van der Waals surface area contributed by atoms with Crippen LogP contribution in [0.15, 0.2) is 41.5 Å². The number of rotatable bonds is 6. The average Bonchev–Trinajstić information content (AvgIpc) is 3.06. The zero-order valence-corrected chi connectivity index (χ0v) is 14.1. The lowest BCUT2D eigenvalue weighted by atomic mass is 10.1. The Morgan fingerprint density at radius 3 is 2.96 bits per heavy atom. The molecule has 0 atom stereocenters. The lowest BCUT2D eigenvalue weighted by Gasteiger charge is -2.05. The number of aromatic hydroxyl groups is 1. The normalized spacial score (nSPS) is 11.0. The highest BCUT2D eigenvalue weighted by atomic mass is 16.6. The van der Waals surface area contributed by atoms with Gasteiger partial charge in [0.1, 0.15) is 17.8 Å². The molecule has 3 rings (SSSR count). The number of amides is 1. The van der Waals surface area contributed by atoms with Gasteiger partial charge in [0.25, 0.3) is 5.91 Å². The number of benzene rings is 2. The number of ether oxygens (including phenoxy) is 1. The fourth-order valence-corrected chi connectivity index (χ4v) is 2.35. The lowest BCUT2D eigenvalue weighted by Crippen LogP contribution is -2.23. The molecule has 0 aliphatic rings. The highest BCUT2D eigenvalue weighted by Crippen LogP contribution is 2.33. The number of carbonyl (C=O) groups excluding carboxylic acids is 1. The number of hydrogen-bond acceptors (Lipinski definition) is 8. The minimum Gasteiger partial charge on any atom is -0.502 e. The Balaban J connectivity index is 1.72. The molecule has 11 heteroatoms. The van der Waals surface area contributed by atoms with Gasteiger partial charge in [-0.05, 0) is 18.2 Å². The quantitative estimate of drug-likeness (QED) is 0.377. The van der Waals surface area contributed by atoms with Gasteiger partial charge in [0, 0.05) is 5.56 Å². The third kappa shape index (κ3) is 3.81. The SMILES string of the molecule is COc1cc(C=NNC(=O)Cn2nnc3ccccc32)c(O)c([N+](=O)[O-])c1. The first-order valence-corrected chi connectivity index (χ1v) is 7.65. The number of fused-ring (bicyclic) bond motifs is 1. The molecule has 1 heterocycles. The first kappa shape index (κ1) is 17.8. The van der Waals surface area contributed by atoms with E-state index >= 15 is 0 Å². The molecule has 0 radical (unpaired) electrons. The molecule has 2 aromatic carbocycles. The predicted molar refractivity (Wildman–Crippen MR) is 94.6 cm³/mol. The van der Waals surface area contributed by atoms with Crippen LogP contribution in [0.3, 0.4) is 0 Å². The van der Waals surface area contributed by atoms with Crippen LogP contribution in [-0.4, -0.2) is 44.3 Å². The zero-order valence-electron chi connectivity index (χ0n) is 14.1. The summed E-state index contributed by atoms with van der Waals surface area (Å²) in [5.74, 6) is -0.902. The van der Waals surface area contributed by atoms with Crippen LogP contribution in [0.25, 0.3) is 11.0 Å². The molecule has 0 bridgehead atoms. The number of phenols is 1. The number of methoxy groups -OCH3 is 1. The Hall–Kier alpha value is -4.02. The number of hydrazone groups is 1. The number of hydrogen-bond donors (Lipinski definition) is 2. The van der Waals surface area contributed by atoms with Crippen LogP contribution in [0.2, 0.25) is 0 Å². The van der Waals surface area contributed by atoms with Crippen molar-refractivity contribution in [3.05, 3.63) is 52.1 Å². The molecule has 1 amide bonds. The van der Waals surface area contributed by atoms with Gasteiger partial charge in [0.15, 0.2) is 0 Å². The van der Waals surface area contributed by atoms with E-state index in [1.165, 1.54) is 17.9 Å². The summed E-state index contributed by atoms with van der Waals surface area (Å²) in [4.78, 5) is 22.2. The minimum absolute atomic E-state index is 0.0209. The van der Waals surface area contributed by atoms with Gasteiger partial charge in [0.2, 0.25) is 5.75 Å². The highest BCUT2D eigenvalue weighted by Gasteiger charge is 2.18. The number of aromatic nitrogens is 3. The van der Waals surface area contributed by atoms with Crippen molar-refractivity contribution in [3.63, 3.8) is 0 Å². The molecule has 0 fully saturated rings. The second-order valence-electron chi connectivity index (χ2n) is 5.37. The van der Waals surface area contributed by atoms with Crippen LogP contribution >= 0.6 is 0 Å². The molecule has 27 heavy (non-hydrogen) atoms. The van der Waals surface area contributed by atoms with Gasteiger partial charge < -0.3 is 9.84 Å². The molecule has 0 spiro atoms. The van der Waals surface area contributed by atoms with Gasteiger partial charge in [-0.1, -0.05) is 17.3 Å². The van der Waals surface area contributed by atoms with E-state index in [1.54, 1.807) is 18.2 Å². The smallest absolute Gasteiger partial charge is 0.315 e. The molecular formula is C16H14N6O5. The van der Waals surface area contributed by atoms with Gasteiger partial charge in [-0.3, -0.25) is 14.9 Å². The molecule has 0 unspecified atom stereocenters. The maximum absolute atomic E-state index is 12.0. The molecule has 11 nitrogen and oxygen atoms in total. The summed E-state index contributed by atoms with van der Waals surface area (Å²) in [5, 5.41) is 32.5. The third-order valence-electron chi connectivity index (χ3n) is 3.63. The van der Waals surface area contributed by atoms with E-state index in [0.29, 0.717) is 11.0 Å². The van der Waals surface area contributed by atoms with Crippen molar-refractivity contribution in [1.29, 1.82) is 0 Å². The summed E-state index contributed by atoms with van der Waals surface area (Å²) in [5.41, 5.74) is 3.10. The molecule has 0 saturated carbocycles. The van der Waals surface area contributed by atoms with Crippen molar-refractivity contribution in [2.75, 3.05) is 7.11 Å². The van der Waals surface area contributed by atoms with Crippen LogP contribution < -0.4 is 10.2 Å². The van der Waals surface area contributed by atoms with Gasteiger partial charge in [-0.25, -0.2) is 10.1 Å². The molecule has 0 aliphatic carbocycles. The summed E-state index contributed by atoms with van der Waals surface area (Å²) < 4.78 is 6.37. The van der Waals surface area contributed by atoms with E-state index in [0.717, 1.165) is 12.3 Å². The fraction of sp³-hybridized carbons (Fsp3) is 0.125. The van der Waals surface area contributed by atoms with E-state index in [2.05, 4.69) is 20.8 Å². The Morgan fingerprint density at radius 1 is 1.44 bits per heavy atom. The number of nitrogens with one attached hydrogen (secondary N) is 1. The summed E-state index contributed by atoms with van der Waals surface area (Å²) in [6, 6.07) is 9.60. The average molecular weight is 370 g/mol. The Bertz CT molecular complexity index is 1040. The van der Waals surface area contributed by atoms with Crippen molar-refractivity contribution in [2.45, 2.75) is 6.54 Å². The van der Waals surface area contributed by atoms with Crippen LogP contribution in [-0.2, 0) is 11.3 Å². The van der Waals surface area contributed by atoms with Crippen LogP contribution in [0, 0.1) is 10.1 Å². The maximum atomic E-state index is 12.0. The van der Waals surface area contributed by atoms with Crippen molar-refractivity contribution < 1.29 is 19.6 Å². The van der Waals surface area contributed by atoms with E-state index in [4.69, 9.17) is 4.74 Å². The molecule has 0 saturated heterocycles. The highest BCUT2D eigenvalue weighted by molar-refractivity contribution is 5.88. The summed E-state index contributed by atoms with van der Waals surface area (Å²) >= 11 is 0. The van der Waals surface area contributed by atoms with Crippen molar-refractivity contribution in [1.82, 2.24) is 20.4 Å². The van der Waals surface area contributed by atoms with E-state index in [9.17, 15) is 20.0 Å². The summed E-state index contributed by atoms with van der Waals surface area (Å²) in [6.07, 6.45) is 1.09. The minimum atomic E-state index is -0.746. The van der Waals surface area contributed by atoms with Crippen LogP contribution in [0.4, 0.5) is 5.69 Å². The fourth-order valence-electron chi connectivity index (χ4n) is 2.35. The van der Waals surface area contributed by atoms with E-state index < -0.39 is 22.3 Å². The largest absolute Gasteiger partial charge is 0.502 e. The predicted octanol–water partition coefficient (Wildman–Crippen LogP) is 1.20.